The number of hydrogen-bond donors (Lipinski definition) is 0. The van der Waals surface area contributed by atoms with E-state index in [4.69, 9.17) is 0 Å². The molecule has 2 amide bonds. The Morgan fingerprint density at radius 1 is 1.04 bits per heavy atom. The molecule has 0 aromatic carbocycles. The van der Waals surface area contributed by atoms with Crippen molar-refractivity contribution in [2.45, 2.75) is 38.6 Å². The first kappa shape index (κ1) is 18.6. The van der Waals surface area contributed by atoms with Crippen LogP contribution in [0, 0.1) is 5.41 Å². The maximum atomic E-state index is 12.8. The van der Waals surface area contributed by atoms with E-state index in [1.54, 1.807) is 24.8 Å². The number of carbonyl (C=O) groups is 2. The van der Waals surface area contributed by atoms with Gasteiger partial charge in [-0.15, -0.1) is 0 Å². The summed E-state index contributed by atoms with van der Waals surface area (Å²) in [5.41, 5.74) is 2.06. The fourth-order valence-electron chi connectivity index (χ4n) is 4.50. The van der Waals surface area contributed by atoms with Crippen molar-refractivity contribution in [3.8, 4) is 0 Å². The summed E-state index contributed by atoms with van der Waals surface area (Å²) in [7, 11) is 0. The lowest BCUT2D eigenvalue weighted by Crippen LogP contribution is -2.55. The SMILES string of the molecule is O=C(Cc1cccnc1)N1CCC[C@]2(CCC(=O)N(Cc3ccncc3)C2)C1. The monoisotopic (exact) mass is 378 g/mol. The van der Waals surface area contributed by atoms with E-state index in [9.17, 15) is 9.59 Å². The van der Waals surface area contributed by atoms with Crippen LogP contribution in [0.1, 0.15) is 36.8 Å². The maximum Gasteiger partial charge on any atom is 0.227 e. The van der Waals surface area contributed by atoms with Crippen LogP contribution >= 0.6 is 0 Å². The fraction of sp³-hybridized carbons (Fsp3) is 0.455. The van der Waals surface area contributed by atoms with Crippen LogP contribution in [0.3, 0.4) is 0 Å². The van der Waals surface area contributed by atoms with E-state index in [1.807, 2.05) is 34.1 Å². The average Bonchev–Trinajstić information content (AvgIpc) is 2.73. The molecule has 4 rings (SSSR count). The smallest absolute Gasteiger partial charge is 0.227 e. The first-order chi connectivity index (χ1) is 13.6. The molecule has 0 saturated carbocycles. The van der Waals surface area contributed by atoms with Crippen LogP contribution in [-0.2, 0) is 22.6 Å². The van der Waals surface area contributed by atoms with E-state index >= 15 is 0 Å². The Bertz CT molecular complexity index is 827. The number of amides is 2. The molecule has 1 spiro atoms. The molecule has 2 aliphatic rings. The van der Waals surface area contributed by atoms with Crippen LogP contribution in [-0.4, -0.2) is 51.2 Å². The van der Waals surface area contributed by atoms with E-state index in [1.165, 1.54) is 0 Å². The number of likely N-dealkylation sites (tertiary alicyclic amines) is 2. The highest BCUT2D eigenvalue weighted by molar-refractivity contribution is 5.79. The Balaban J connectivity index is 1.43. The molecular formula is C22H26N4O2. The van der Waals surface area contributed by atoms with Gasteiger partial charge in [0.25, 0.3) is 0 Å². The van der Waals surface area contributed by atoms with Crippen LogP contribution in [0.4, 0.5) is 0 Å². The minimum Gasteiger partial charge on any atom is -0.342 e. The lowest BCUT2D eigenvalue weighted by molar-refractivity contribution is -0.143. The van der Waals surface area contributed by atoms with Crippen LogP contribution in [0.15, 0.2) is 49.1 Å². The molecule has 2 aromatic rings. The molecule has 4 heterocycles. The first-order valence-corrected chi connectivity index (χ1v) is 9.97. The third-order valence-corrected chi connectivity index (χ3v) is 5.96. The number of carbonyl (C=O) groups excluding carboxylic acids is 2. The molecule has 0 bridgehead atoms. The Morgan fingerprint density at radius 2 is 1.89 bits per heavy atom. The quantitative estimate of drug-likeness (QED) is 0.820. The fourth-order valence-corrected chi connectivity index (χ4v) is 4.50. The number of aromatic nitrogens is 2. The third-order valence-electron chi connectivity index (χ3n) is 5.96. The number of pyridine rings is 2. The van der Waals surface area contributed by atoms with E-state index < -0.39 is 0 Å². The second-order valence-electron chi connectivity index (χ2n) is 8.06. The molecule has 2 aromatic heterocycles. The second-order valence-corrected chi connectivity index (χ2v) is 8.06. The molecule has 0 N–H and O–H groups in total. The van der Waals surface area contributed by atoms with Gasteiger partial charge >= 0.3 is 0 Å². The molecule has 1 atom stereocenters. The Hall–Kier alpha value is -2.76. The zero-order valence-electron chi connectivity index (χ0n) is 16.1. The number of rotatable bonds is 4. The predicted octanol–water partition coefficient (Wildman–Crippen LogP) is 2.45. The van der Waals surface area contributed by atoms with Gasteiger partial charge in [-0.05, 0) is 48.6 Å². The van der Waals surface area contributed by atoms with Gasteiger partial charge in [0.05, 0.1) is 6.42 Å². The van der Waals surface area contributed by atoms with E-state index in [2.05, 4.69) is 9.97 Å². The van der Waals surface area contributed by atoms with Crippen molar-refractivity contribution in [2.75, 3.05) is 19.6 Å². The van der Waals surface area contributed by atoms with Crippen LogP contribution in [0.5, 0.6) is 0 Å². The van der Waals surface area contributed by atoms with Crippen LogP contribution < -0.4 is 0 Å². The molecule has 28 heavy (non-hydrogen) atoms. The molecule has 2 aliphatic heterocycles. The number of hydrogen-bond acceptors (Lipinski definition) is 4. The zero-order chi connectivity index (χ0) is 19.4. The summed E-state index contributed by atoms with van der Waals surface area (Å²) in [6, 6.07) is 7.72. The number of piperidine rings is 2. The molecule has 2 fully saturated rings. The summed E-state index contributed by atoms with van der Waals surface area (Å²) in [4.78, 5) is 37.5. The Labute approximate surface area is 165 Å². The van der Waals surface area contributed by atoms with Gasteiger partial charge < -0.3 is 9.80 Å². The zero-order valence-corrected chi connectivity index (χ0v) is 16.1. The molecule has 146 valence electrons. The van der Waals surface area contributed by atoms with Crippen molar-refractivity contribution < 1.29 is 9.59 Å². The van der Waals surface area contributed by atoms with Gasteiger partial charge in [-0.2, -0.15) is 0 Å². The van der Waals surface area contributed by atoms with Crippen molar-refractivity contribution in [2.24, 2.45) is 5.41 Å². The van der Waals surface area contributed by atoms with Gasteiger partial charge in [-0.3, -0.25) is 19.6 Å². The Kier molecular flexibility index (Phi) is 5.37. The lowest BCUT2D eigenvalue weighted by atomic mass is 9.73. The molecule has 2 saturated heterocycles. The molecule has 0 unspecified atom stereocenters. The van der Waals surface area contributed by atoms with Gasteiger partial charge in [0.1, 0.15) is 0 Å². The normalized spacial score (nSPS) is 22.5. The second kappa shape index (κ2) is 8.09. The summed E-state index contributed by atoms with van der Waals surface area (Å²) in [5.74, 6) is 0.367. The number of nitrogens with zero attached hydrogens (tertiary/aromatic N) is 4. The summed E-state index contributed by atoms with van der Waals surface area (Å²) < 4.78 is 0. The van der Waals surface area contributed by atoms with Crippen molar-refractivity contribution in [1.29, 1.82) is 0 Å². The molecule has 6 heteroatoms. The van der Waals surface area contributed by atoms with Gasteiger partial charge in [0.15, 0.2) is 0 Å². The molecular weight excluding hydrogens is 352 g/mol. The van der Waals surface area contributed by atoms with Gasteiger partial charge in [-0.25, -0.2) is 0 Å². The summed E-state index contributed by atoms with van der Waals surface area (Å²) >= 11 is 0. The molecule has 0 aliphatic carbocycles. The summed E-state index contributed by atoms with van der Waals surface area (Å²) in [5, 5.41) is 0. The molecule has 0 radical (unpaired) electrons. The lowest BCUT2D eigenvalue weighted by Gasteiger charge is -2.48. The maximum absolute atomic E-state index is 12.8. The van der Waals surface area contributed by atoms with Gasteiger partial charge in [0.2, 0.25) is 11.8 Å². The van der Waals surface area contributed by atoms with Crippen molar-refractivity contribution in [3.63, 3.8) is 0 Å². The van der Waals surface area contributed by atoms with E-state index in [-0.39, 0.29) is 17.2 Å². The average molecular weight is 378 g/mol. The topological polar surface area (TPSA) is 66.4 Å². The van der Waals surface area contributed by atoms with E-state index in [0.29, 0.717) is 19.4 Å². The highest BCUT2D eigenvalue weighted by atomic mass is 16.2. The van der Waals surface area contributed by atoms with Gasteiger partial charge in [-0.1, -0.05) is 6.07 Å². The standard InChI is InChI=1S/C22H26N4O2/c27-20-4-8-22(17-26(20)15-18-5-10-23-11-6-18)7-2-12-25(16-22)21(28)13-19-3-1-9-24-14-19/h1,3,5-6,9-11,14H,2,4,7-8,12-13,15-17H2/t22-/m0/s1. The molecule has 6 nitrogen and oxygen atoms in total. The highest BCUT2D eigenvalue weighted by Crippen LogP contribution is 2.39. The summed E-state index contributed by atoms with van der Waals surface area (Å²) in [6.07, 6.45) is 10.9. The first-order valence-electron chi connectivity index (χ1n) is 9.97. The van der Waals surface area contributed by atoms with E-state index in [0.717, 1.165) is 50.0 Å². The van der Waals surface area contributed by atoms with Crippen LogP contribution in [0.2, 0.25) is 0 Å². The van der Waals surface area contributed by atoms with Crippen molar-refractivity contribution in [3.05, 3.63) is 60.2 Å². The van der Waals surface area contributed by atoms with Crippen LogP contribution in [0.25, 0.3) is 0 Å². The third kappa shape index (κ3) is 4.21. The summed E-state index contributed by atoms with van der Waals surface area (Å²) in [6.45, 7) is 2.89. The van der Waals surface area contributed by atoms with Crippen molar-refractivity contribution in [1.82, 2.24) is 19.8 Å². The van der Waals surface area contributed by atoms with Crippen molar-refractivity contribution >= 4 is 11.8 Å². The largest absolute Gasteiger partial charge is 0.342 e. The minimum absolute atomic E-state index is 0.0176. The minimum atomic E-state index is 0.0176. The van der Waals surface area contributed by atoms with Gasteiger partial charge in [0, 0.05) is 62.8 Å². The highest BCUT2D eigenvalue weighted by Gasteiger charge is 2.42. The Morgan fingerprint density at radius 3 is 2.68 bits per heavy atom. The predicted molar refractivity (Wildman–Crippen MR) is 105 cm³/mol.